The van der Waals surface area contributed by atoms with Crippen LogP contribution in [0.3, 0.4) is 0 Å². The van der Waals surface area contributed by atoms with E-state index in [0.717, 1.165) is 29.8 Å². The van der Waals surface area contributed by atoms with Crippen LogP contribution in [0.1, 0.15) is 0 Å². The number of rotatable bonds is 1. The number of aromatic hydroxyl groups is 1. The Morgan fingerprint density at radius 1 is 1.22 bits per heavy atom. The molecule has 1 aromatic heterocycles. The van der Waals surface area contributed by atoms with Crippen molar-refractivity contribution in [3.8, 4) is 5.75 Å². The van der Waals surface area contributed by atoms with Crippen LogP contribution in [-0.2, 0) is 4.74 Å². The van der Waals surface area contributed by atoms with Crippen LogP contribution in [-0.4, -0.2) is 41.4 Å². The van der Waals surface area contributed by atoms with Crippen LogP contribution < -0.4 is 4.90 Å². The van der Waals surface area contributed by atoms with E-state index in [1.807, 2.05) is 6.07 Å². The number of halogens is 1. The minimum atomic E-state index is 0.209. The second-order valence-corrected chi connectivity index (χ2v) is 4.83. The fraction of sp³-hybridized carbons (Fsp3) is 0.333. The van der Waals surface area contributed by atoms with Crippen molar-refractivity contribution in [2.75, 3.05) is 31.2 Å². The molecule has 0 unspecified atom stereocenters. The van der Waals surface area contributed by atoms with Crippen LogP contribution in [0.5, 0.6) is 5.75 Å². The number of ether oxygens (including phenoxy) is 1. The first kappa shape index (κ1) is 11.7. The minimum Gasteiger partial charge on any atom is -0.508 e. The molecular formula is C12H12BrN3O2. The number of benzene rings is 1. The topological polar surface area (TPSA) is 58.5 Å². The first-order chi connectivity index (χ1) is 8.74. The average Bonchev–Trinajstić information content (AvgIpc) is 2.38. The van der Waals surface area contributed by atoms with E-state index in [0.29, 0.717) is 17.9 Å². The number of phenols is 1. The molecule has 1 N–H and O–H groups in total. The van der Waals surface area contributed by atoms with Gasteiger partial charge >= 0.3 is 0 Å². The van der Waals surface area contributed by atoms with Crippen LogP contribution in [0.25, 0.3) is 10.9 Å². The Bertz CT molecular complexity index is 580. The predicted molar refractivity (Wildman–Crippen MR) is 71.9 cm³/mol. The first-order valence-corrected chi connectivity index (χ1v) is 6.52. The molecule has 1 aliphatic heterocycles. The summed E-state index contributed by atoms with van der Waals surface area (Å²) in [5.41, 5.74) is 0.735. The summed E-state index contributed by atoms with van der Waals surface area (Å²) in [5, 5.41) is 10.5. The molecule has 0 radical (unpaired) electrons. The van der Waals surface area contributed by atoms with Crippen molar-refractivity contribution in [2.45, 2.75) is 0 Å². The number of hydrogen-bond donors (Lipinski definition) is 1. The van der Waals surface area contributed by atoms with Crippen LogP contribution in [0.15, 0.2) is 22.9 Å². The molecule has 1 aromatic carbocycles. The molecule has 2 aromatic rings. The van der Waals surface area contributed by atoms with Gasteiger partial charge < -0.3 is 14.7 Å². The summed E-state index contributed by atoms with van der Waals surface area (Å²) in [6.07, 6.45) is 0. The third kappa shape index (κ3) is 2.13. The smallest absolute Gasteiger partial charge is 0.199 e. The first-order valence-electron chi connectivity index (χ1n) is 5.73. The van der Waals surface area contributed by atoms with Crippen molar-refractivity contribution in [1.29, 1.82) is 0 Å². The van der Waals surface area contributed by atoms with E-state index in [4.69, 9.17) is 4.74 Å². The highest BCUT2D eigenvalue weighted by atomic mass is 79.9. The molecule has 3 rings (SSSR count). The number of aromatic nitrogens is 2. The van der Waals surface area contributed by atoms with Gasteiger partial charge in [-0.05, 0) is 28.1 Å². The maximum atomic E-state index is 9.51. The Hall–Kier alpha value is -1.40. The number of nitrogens with zero attached hydrogens (tertiary/aromatic N) is 3. The minimum absolute atomic E-state index is 0.209. The molecule has 0 aliphatic carbocycles. The fourth-order valence-corrected chi connectivity index (χ4v) is 2.45. The molecule has 2 heterocycles. The second kappa shape index (κ2) is 4.70. The quantitative estimate of drug-likeness (QED) is 0.816. The Kier molecular flexibility index (Phi) is 3.05. The number of hydrogen-bond acceptors (Lipinski definition) is 5. The van der Waals surface area contributed by atoms with Gasteiger partial charge in [-0.25, -0.2) is 9.97 Å². The zero-order valence-corrected chi connectivity index (χ0v) is 11.2. The molecule has 0 atom stereocenters. The highest BCUT2D eigenvalue weighted by Crippen LogP contribution is 2.28. The van der Waals surface area contributed by atoms with Gasteiger partial charge in [-0.15, -0.1) is 0 Å². The summed E-state index contributed by atoms with van der Waals surface area (Å²) >= 11 is 3.31. The standard InChI is InChI=1S/C12H12BrN3O2/c13-12-14-10-7-8(17)1-2-9(10)11(15-12)16-3-5-18-6-4-16/h1-2,7,17H,3-6H2. The van der Waals surface area contributed by atoms with Gasteiger partial charge in [0.15, 0.2) is 4.73 Å². The summed E-state index contributed by atoms with van der Waals surface area (Å²) < 4.78 is 5.88. The summed E-state index contributed by atoms with van der Waals surface area (Å²) in [7, 11) is 0. The van der Waals surface area contributed by atoms with Crippen LogP contribution in [0, 0.1) is 0 Å². The lowest BCUT2D eigenvalue weighted by atomic mass is 10.2. The van der Waals surface area contributed by atoms with Gasteiger partial charge in [0.05, 0.1) is 18.7 Å². The zero-order chi connectivity index (χ0) is 12.5. The lowest BCUT2D eigenvalue weighted by Gasteiger charge is -2.28. The number of phenolic OH excluding ortho intramolecular Hbond substituents is 1. The summed E-state index contributed by atoms with van der Waals surface area (Å²) in [5.74, 6) is 1.09. The lowest BCUT2D eigenvalue weighted by Crippen LogP contribution is -2.37. The Labute approximate surface area is 113 Å². The molecule has 5 nitrogen and oxygen atoms in total. The van der Waals surface area contributed by atoms with E-state index >= 15 is 0 Å². The van der Waals surface area contributed by atoms with Gasteiger partial charge in [-0.2, -0.15) is 0 Å². The number of anilines is 1. The fourth-order valence-electron chi connectivity index (χ4n) is 2.09. The molecule has 0 saturated carbocycles. The average molecular weight is 310 g/mol. The highest BCUT2D eigenvalue weighted by Gasteiger charge is 2.16. The van der Waals surface area contributed by atoms with Crippen LogP contribution in [0.2, 0.25) is 0 Å². The van der Waals surface area contributed by atoms with Crippen LogP contribution >= 0.6 is 15.9 Å². The van der Waals surface area contributed by atoms with Gasteiger partial charge in [0, 0.05) is 24.5 Å². The van der Waals surface area contributed by atoms with Crippen LogP contribution in [0.4, 0.5) is 5.82 Å². The molecule has 0 amide bonds. The van der Waals surface area contributed by atoms with E-state index in [-0.39, 0.29) is 5.75 Å². The van der Waals surface area contributed by atoms with Crippen molar-refractivity contribution in [3.05, 3.63) is 22.9 Å². The largest absolute Gasteiger partial charge is 0.508 e. The number of fused-ring (bicyclic) bond motifs is 1. The Morgan fingerprint density at radius 3 is 2.78 bits per heavy atom. The second-order valence-electron chi connectivity index (χ2n) is 4.12. The summed E-state index contributed by atoms with van der Waals surface area (Å²) in [6, 6.07) is 5.15. The Morgan fingerprint density at radius 2 is 2.00 bits per heavy atom. The molecule has 18 heavy (non-hydrogen) atoms. The Balaban J connectivity index is 2.14. The summed E-state index contributed by atoms with van der Waals surface area (Å²) in [6.45, 7) is 3.06. The third-order valence-corrected chi connectivity index (χ3v) is 3.30. The molecule has 0 spiro atoms. The SMILES string of the molecule is Oc1ccc2c(N3CCOCC3)nc(Br)nc2c1. The normalized spacial score (nSPS) is 16.2. The monoisotopic (exact) mass is 309 g/mol. The van der Waals surface area contributed by atoms with E-state index in [2.05, 4.69) is 30.8 Å². The molecule has 94 valence electrons. The molecule has 1 saturated heterocycles. The van der Waals surface area contributed by atoms with E-state index < -0.39 is 0 Å². The van der Waals surface area contributed by atoms with Gasteiger partial charge in [-0.3, -0.25) is 0 Å². The molecule has 0 bridgehead atoms. The van der Waals surface area contributed by atoms with Crippen molar-refractivity contribution < 1.29 is 9.84 Å². The molecule has 1 aliphatic rings. The number of morpholine rings is 1. The van der Waals surface area contributed by atoms with Gasteiger partial charge in [0.25, 0.3) is 0 Å². The van der Waals surface area contributed by atoms with E-state index in [1.54, 1.807) is 12.1 Å². The maximum Gasteiger partial charge on any atom is 0.199 e. The molecule has 1 fully saturated rings. The third-order valence-electron chi connectivity index (χ3n) is 2.94. The van der Waals surface area contributed by atoms with Crippen molar-refractivity contribution >= 4 is 32.7 Å². The van der Waals surface area contributed by atoms with Crippen molar-refractivity contribution in [2.24, 2.45) is 0 Å². The molecular weight excluding hydrogens is 298 g/mol. The van der Waals surface area contributed by atoms with E-state index in [1.165, 1.54) is 0 Å². The predicted octanol–water partition coefficient (Wildman–Crippen LogP) is 1.93. The van der Waals surface area contributed by atoms with Crippen molar-refractivity contribution in [3.63, 3.8) is 0 Å². The van der Waals surface area contributed by atoms with Gasteiger partial charge in [0.2, 0.25) is 0 Å². The van der Waals surface area contributed by atoms with E-state index in [9.17, 15) is 5.11 Å². The maximum absolute atomic E-state index is 9.51. The van der Waals surface area contributed by atoms with Gasteiger partial charge in [-0.1, -0.05) is 0 Å². The van der Waals surface area contributed by atoms with Crippen molar-refractivity contribution in [1.82, 2.24) is 9.97 Å². The highest BCUT2D eigenvalue weighted by molar-refractivity contribution is 9.10. The summed E-state index contributed by atoms with van der Waals surface area (Å²) in [4.78, 5) is 10.9. The lowest BCUT2D eigenvalue weighted by molar-refractivity contribution is 0.122. The van der Waals surface area contributed by atoms with Gasteiger partial charge in [0.1, 0.15) is 11.6 Å². The zero-order valence-electron chi connectivity index (χ0n) is 9.64. The molecule has 6 heteroatoms.